The van der Waals surface area contributed by atoms with Gasteiger partial charge in [-0.25, -0.2) is 0 Å². The van der Waals surface area contributed by atoms with Crippen LogP contribution in [0.1, 0.15) is 39.7 Å². The lowest BCUT2D eigenvalue weighted by Gasteiger charge is -2.28. The number of hydrogen-bond acceptors (Lipinski definition) is 2. The second kappa shape index (κ2) is 4.43. The highest BCUT2D eigenvalue weighted by Gasteiger charge is 2.45. The molecule has 1 N–H and O–H groups in total. The summed E-state index contributed by atoms with van der Waals surface area (Å²) >= 11 is 6.33. The van der Waals surface area contributed by atoms with E-state index in [2.05, 4.69) is 33.0 Å². The average Bonchev–Trinajstić information content (AvgIpc) is 2.42. The molecule has 0 saturated carbocycles. The smallest absolute Gasteiger partial charge is 0.0834 e. The topological polar surface area (TPSA) is 21.3 Å². The Balaban J connectivity index is 2.22. The van der Waals surface area contributed by atoms with Gasteiger partial charge in [0, 0.05) is 0 Å². The van der Waals surface area contributed by atoms with Gasteiger partial charge in [-0.15, -0.1) is 0 Å². The van der Waals surface area contributed by atoms with E-state index >= 15 is 0 Å². The minimum absolute atomic E-state index is 0.0858. The summed E-state index contributed by atoms with van der Waals surface area (Å²) in [6, 6.07) is 6.34. The predicted octanol–water partition coefficient (Wildman–Crippen LogP) is 4.41. The van der Waals surface area contributed by atoms with Gasteiger partial charge in [0.15, 0.2) is 0 Å². The molecule has 3 heteroatoms. The van der Waals surface area contributed by atoms with Crippen molar-refractivity contribution in [1.82, 2.24) is 0 Å². The van der Waals surface area contributed by atoms with Gasteiger partial charge in [0.05, 0.1) is 28.0 Å². The lowest BCUT2D eigenvalue weighted by molar-refractivity contribution is -0.0662. The van der Waals surface area contributed by atoms with Gasteiger partial charge in [0.2, 0.25) is 0 Å². The number of ether oxygens (including phenoxy) is 1. The molecule has 0 radical (unpaired) electrons. The van der Waals surface area contributed by atoms with E-state index < -0.39 is 0 Å². The van der Waals surface area contributed by atoms with Crippen molar-refractivity contribution in [3.05, 3.63) is 28.8 Å². The highest BCUT2D eigenvalue weighted by molar-refractivity contribution is 6.34. The maximum atomic E-state index is 6.33. The molecule has 0 spiro atoms. The van der Waals surface area contributed by atoms with Crippen LogP contribution in [0, 0.1) is 6.92 Å². The summed E-state index contributed by atoms with van der Waals surface area (Å²) in [5.74, 6) is 0. The first-order valence-corrected chi connectivity index (χ1v) is 6.81. The molecule has 1 aliphatic rings. The molecule has 1 saturated heterocycles. The summed E-state index contributed by atoms with van der Waals surface area (Å²) in [5.41, 5.74) is 1.82. The van der Waals surface area contributed by atoms with Crippen LogP contribution in [0.3, 0.4) is 0 Å². The number of hydrogen-bond donors (Lipinski definition) is 1. The highest BCUT2D eigenvalue weighted by Crippen LogP contribution is 2.40. The van der Waals surface area contributed by atoms with Crippen molar-refractivity contribution in [3.8, 4) is 0 Å². The molecule has 2 rings (SSSR count). The van der Waals surface area contributed by atoms with E-state index in [0.29, 0.717) is 0 Å². The Bertz CT molecular complexity index is 454. The largest absolute Gasteiger partial charge is 0.378 e. The molecule has 100 valence electrons. The molecular weight excluding hydrogens is 246 g/mol. The van der Waals surface area contributed by atoms with E-state index in [1.165, 1.54) is 0 Å². The molecule has 1 atom stereocenters. The van der Waals surface area contributed by atoms with Crippen molar-refractivity contribution in [3.63, 3.8) is 0 Å². The van der Waals surface area contributed by atoms with Crippen LogP contribution >= 0.6 is 11.6 Å². The Hall–Kier alpha value is -0.730. The number of aryl methyl sites for hydroxylation is 1. The minimum atomic E-state index is -0.184. The lowest BCUT2D eigenvalue weighted by Crippen LogP contribution is -2.38. The fourth-order valence-electron chi connectivity index (χ4n) is 2.73. The minimum Gasteiger partial charge on any atom is -0.378 e. The molecule has 0 aliphatic carbocycles. The van der Waals surface area contributed by atoms with Crippen LogP contribution in [-0.2, 0) is 4.74 Å². The second-order valence-corrected chi connectivity index (χ2v) is 6.68. The fourth-order valence-corrected chi connectivity index (χ4v) is 2.91. The van der Waals surface area contributed by atoms with Crippen LogP contribution in [0.15, 0.2) is 18.2 Å². The molecule has 1 unspecified atom stereocenters. The third-order valence-corrected chi connectivity index (χ3v) is 4.10. The molecule has 0 amide bonds. The van der Waals surface area contributed by atoms with Crippen LogP contribution in [0.5, 0.6) is 0 Å². The fraction of sp³-hybridized carbons (Fsp3) is 0.600. The van der Waals surface area contributed by atoms with E-state index in [1.54, 1.807) is 0 Å². The molecule has 1 aromatic rings. The van der Waals surface area contributed by atoms with Crippen molar-refractivity contribution in [1.29, 1.82) is 0 Å². The first kappa shape index (κ1) is 13.7. The molecule has 18 heavy (non-hydrogen) atoms. The zero-order valence-electron chi connectivity index (χ0n) is 11.8. The molecule has 0 bridgehead atoms. The number of anilines is 1. The average molecular weight is 268 g/mol. The maximum absolute atomic E-state index is 6.33. The van der Waals surface area contributed by atoms with Gasteiger partial charge < -0.3 is 10.1 Å². The van der Waals surface area contributed by atoms with Gasteiger partial charge >= 0.3 is 0 Å². The molecule has 1 heterocycles. The van der Waals surface area contributed by atoms with Crippen LogP contribution in [0.25, 0.3) is 0 Å². The van der Waals surface area contributed by atoms with Gasteiger partial charge in [-0.1, -0.05) is 23.7 Å². The third kappa shape index (κ3) is 2.65. The number of nitrogens with one attached hydrogen (secondary N) is 1. The molecule has 1 aliphatic heterocycles. The van der Waals surface area contributed by atoms with Crippen molar-refractivity contribution in [2.24, 2.45) is 0 Å². The van der Waals surface area contributed by atoms with Gasteiger partial charge in [-0.2, -0.15) is 0 Å². The molecule has 2 nitrogen and oxygen atoms in total. The van der Waals surface area contributed by atoms with E-state index in [1.807, 2.05) is 25.1 Å². The van der Waals surface area contributed by atoms with Crippen molar-refractivity contribution < 1.29 is 4.74 Å². The van der Waals surface area contributed by atoms with Crippen LogP contribution in [0.2, 0.25) is 5.02 Å². The predicted molar refractivity (Wildman–Crippen MR) is 77.5 cm³/mol. The molecule has 1 aromatic carbocycles. The van der Waals surface area contributed by atoms with Gasteiger partial charge in [-0.05, 0) is 52.7 Å². The zero-order chi connectivity index (χ0) is 13.6. The van der Waals surface area contributed by atoms with Crippen molar-refractivity contribution >= 4 is 17.3 Å². The van der Waals surface area contributed by atoms with Gasteiger partial charge in [-0.3, -0.25) is 0 Å². The molecular formula is C15H22ClNO. The Labute approximate surface area is 115 Å². The maximum Gasteiger partial charge on any atom is 0.0834 e. The molecule has 1 fully saturated rings. The first-order valence-electron chi connectivity index (χ1n) is 6.43. The summed E-state index contributed by atoms with van der Waals surface area (Å²) in [4.78, 5) is 0. The standard InChI is InChI=1S/C15H22ClNO/c1-10-7-6-8-11(13(10)16)17-12-9-14(2,3)18-15(12,4)5/h6-8,12,17H,9H2,1-5H3. The summed E-state index contributed by atoms with van der Waals surface area (Å²) in [6.45, 7) is 10.5. The quantitative estimate of drug-likeness (QED) is 0.857. The normalized spacial score (nSPS) is 25.1. The van der Waals surface area contributed by atoms with Crippen molar-refractivity contribution in [2.75, 3.05) is 5.32 Å². The lowest BCUT2D eigenvalue weighted by atomic mass is 9.94. The summed E-state index contributed by atoms with van der Waals surface area (Å²) in [7, 11) is 0. The van der Waals surface area contributed by atoms with Crippen LogP contribution in [0.4, 0.5) is 5.69 Å². The summed E-state index contributed by atoms with van der Waals surface area (Å²) < 4.78 is 6.09. The third-order valence-electron chi connectivity index (χ3n) is 3.60. The number of rotatable bonds is 2. The van der Waals surface area contributed by atoms with Crippen LogP contribution < -0.4 is 5.32 Å². The van der Waals surface area contributed by atoms with E-state index in [-0.39, 0.29) is 17.2 Å². The first-order chi connectivity index (χ1) is 8.21. The monoisotopic (exact) mass is 267 g/mol. The summed E-state index contributed by atoms with van der Waals surface area (Å²) in [6.07, 6.45) is 0.976. The Kier molecular flexibility index (Phi) is 3.37. The van der Waals surface area contributed by atoms with E-state index in [4.69, 9.17) is 16.3 Å². The highest BCUT2D eigenvalue weighted by atomic mass is 35.5. The number of benzene rings is 1. The second-order valence-electron chi connectivity index (χ2n) is 6.30. The van der Waals surface area contributed by atoms with E-state index in [0.717, 1.165) is 22.7 Å². The SMILES string of the molecule is Cc1cccc(NC2CC(C)(C)OC2(C)C)c1Cl. The Morgan fingerprint density at radius 3 is 2.50 bits per heavy atom. The van der Waals surface area contributed by atoms with Gasteiger partial charge in [0.25, 0.3) is 0 Å². The zero-order valence-corrected chi connectivity index (χ0v) is 12.6. The van der Waals surface area contributed by atoms with E-state index in [9.17, 15) is 0 Å². The van der Waals surface area contributed by atoms with Crippen molar-refractivity contribution in [2.45, 2.75) is 58.3 Å². The summed E-state index contributed by atoms with van der Waals surface area (Å²) in [5, 5.41) is 4.34. The van der Waals surface area contributed by atoms with Gasteiger partial charge in [0.1, 0.15) is 0 Å². The Morgan fingerprint density at radius 2 is 1.94 bits per heavy atom. The molecule has 0 aromatic heterocycles. The number of halogens is 1. The Morgan fingerprint density at radius 1 is 1.28 bits per heavy atom. The van der Waals surface area contributed by atoms with Crippen LogP contribution in [-0.4, -0.2) is 17.2 Å².